The lowest BCUT2D eigenvalue weighted by Gasteiger charge is -2.08. The minimum absolute atomic E-state index is 0.0566. The Kier molecular flexibility index (Phi) is 4.99. The molecular weight excluding hydrogens is 270 g/mol. The minimum atomic E-state index is -0.0566. The molecule has 0 bridgehead atoms. The number of nitrogens with zero attached hydrogens (tertiary/aromatic N) is 2. The van der Waals surface area contributed by atoms with Gasteiger partial charge in [0.05, 0.1) is 5.69 Å². The van der Waals surface area contributed by atoms with Gasteiger partial charge in [0.15, 0.2) is 0 Å². The van der Waals surface area contributed by atoms with Gasteiger partial charge in [-0.2, -0.15) is 5.10 Å². The zero-order valence-electron chi connectivity index (χ0n) is 9.96. The minimum Gasteiger partial charge on any atom is -0.351 e. The number of amides is 1. The zero-order valence-corrected chi connectivity index (χ0v) is 11.5. The molecule has 0 aliphatic rings. The van der Waals surface area contributed by atoms with E-state index in [9.17, 15) is 4.79 Å². The number of hydrogen-bond donors (Lipinski definition) is 1. The Balaban J connectivity index is 2.44. The van der Waals surface area contributed by atoms with Crippen LogP contribution in [0.25, 0.3) is 0 Å². The van der Waals surface area contributed by atoms with Crippen LogP contribution in [0.4, 0.5) is 0 Å². The van der Waals surface area contributed by atoms with Crippen LogP contribution in [0.1, 0.15) is 35.9 Å². The maximum absolute atomic E-state index is 11.8. The van der Waals surface area contributed by atoms with Gasteiger partial charge in [-0.05, 0) is 25.8 Å². The second kappa shape index (κ2) is 6.03. The first-order chi connectivity index (χ1) is 7.54. The second-order valence-electron chi connectivity index (χ2n) is 3.84. The fraction of sp³-hybridized carbons (Fsp3) is 0.636. The highest BCUT2D eigenvalue weighted by molar-refractivity contribution is 9.09. The summed E-state index contributed by atoms with van der Waals surface area (Å²) in [5.41, 5.74) is 1.47. The van der Waals surface area contributed by atoms with Crippen molar-refractivity contribution in [3.8, 4) is 0 Å². The van der Waals surface area contributed by atoms with Crippen molar-refractivity contribution in [1.82, 2.24) is 15.1 Å². The van der Waals surface area contributed by atoms with Crippen LogP contribution < -0.4 is 5.32 Å². The van der Waals surface area contributed by atoms with Crippen LogP contribution in [0, 0.1) is 6.92 Å². The molecule has 0 aliphatic carbocycles. The number of carbonyl (C=O) groups excluding carboxylic acids is 1. The van der Waals surface area contributed by atoms with Gasteiger partial charge in [-0.25, -0.2) is 0 Å². The monoisotopic (exact) mass is 287 g/mol. The molecule has 90 valence electrons. The second-order valence-corrected chi connectivity index (χ2v) is 5.14. The average molecular weight is 288 g/mol. The van der Waals surface area contributed by atoms with Gasteiger partial charge in [-0.15, -0.1) is 0 Å². The number of halogens is 1. The van der Waals surface area contributed by atoms with E-state index >= 15 is 0 Å². The van der Waals surface area contributed by atoms with Gasteiger partial charge in [-0.1, -0.05) is 22.9 Å². The molecule has 0 aromatic carbocycles. The highest BCUT2D eigenvalue weighted by Gasteiger charge is 2.11. The molecule has 0 fully saturated rings. The maximum Gasteiger partial charge on any atom is 0.269 e. The van der Waals surface area contributed by atoms with E-state index in [-0.39, 0.29) is 5.91 Å². The van der Waals surface area contributed by atoms with Crippen molar-refractivity contribution in [3.05, 3.63) is 17.5 Å². The molecule has 1 aromatic heterocycles. The summed E-state index contributed by atoms with van der Waals surface area (Å²) in [6, 6.07) is 1.79. The summed E-state index contributed by atoms with van der Waals surface area (Å²) in [4.78, 5) is 12.2. The van der Waals surface area contributed by atoms with Crippen molar-refractivity contribution in [2.75, 3.05) is 6.54 Å². The third-order valence-electron chi connectivity index (χ3n) is 2.42. The molecule has 1 atom stereocenters. The van der Waals surface area contributed by atoms with Crippen LogP contribution >= 0.6 is 15.9 Å². The van der Waals surface area contributed by atoms with Gasteiger partial charge >= 0.3 is 0 Å². The van der Waals surface area contributed by atoms with Crippen molar-refractivity contribution in [1.29, 1.82) is 0 Å². The molecule has 1 N–H and O–H groups in total. The first-order valence-electron chi connectivity index (χ1n) is 5.47. The summed E-state index contributed by atoms with van der Waals surface area (Å²) in [6.45, 7) is 4.68. The summed E-state index contributed by atoms with van der Waals surface area (Å²) in [6.07, 6.45) is 2.01. The SMILES string of the molecule is CCC(Br)CCNC(=O)c1cc(C)nn1C. The van der Waals surface area contributed by atoms with Crippen LogP contribution in [0.2, 0.25) is 0 Å². The topological polar surface area (TPSA) is 46.9 Å². The molecule has 1 amide bonds. The number of alkyl halides is 1. The lowest BCUT2D eigenvalue weighted by molar-refractivity contribution is 0.0944. The molecule has 16 heavy (non-hydrogen) atoms. The van der Waals surface area contributed by atoms with E-state index in [1.54, 1.807) is 17.8 Å². The summed E-state index contributed by atoms with van der Waals surface area (Å²) < 4.78 is 1.61. The van der Waals surface area contributed by atoms with Crippen LogP contribution in [0.3, 0.4) is 0 Å². The van der Waals surface area contributed by atoms with Crippen molar-refractivity contribution in [2.45, 2.75) is 31.5 Å². The molecule has 1 aromatic rings. The van der Waals surface area contributed by atoms with Gasteiger partial charge in [0.1, 0.15) is 5.69 Å². The van der Waals surface area contributed by atoms with Crippen LogP contribution in [0.5, 0.6) is 0 Å². The standard InChI is InChI=1S/C11H18BrN3O/c1-4-9(12)5-6-13-11(16)10-7-8(2)14-15(10)3/h7,9H,4-6H2,1-3H3,(H,13,16). The number of rotatable bonds is 5. The average Bonchev–Trinajstić information content (AvgIpc) is 2.57. The van der Waals surface area contributed by atoms with Crippen LogP contribution in [-0.2, 0) is 7.05 Å². The first-order valence-corrected chi connectivity index (χ1v) is 6.39. The highest BCUT2D eigenvalue weighted by Crippen LogP contribution is 2.08. The Labute approximate surface area is 105 Å². The van der Waals surface area contributed by atoms with Crippen LogP contribution in [0.15, 0.2) is 6.07 Å². The third-order valence-corrected chi connectivity index (χ3v) is 3.53. The number of aromatic nitrogens is 2. The molecular formula is C11H18BrN3O. The Morgan fingerprint density at radius 3 is 2.88 bits per heavy atom. The summed E-state index contributed by atoms with van der Waals surface area (Å²) in [7, 11) is 1.78. The van der Waals surface area contributed by atoms with Crippen molar-refractivity contribution in [2.24, 2.45) is 7.05 Å². The molecule has 5 heteroatoms. The normalized spacial score (nSPS) is 12.5. The Hall–Kier alpha value is -0.840. The molecule has 0 radical (unpaired) electrons. The van der Waals surface area contributed by atoms with Crippen LogP contribution in [-0.4, -0.2) is 27.1 Å². The van der Waals surface area contributed by atoms with Gasteiger partial charge < -0.3 is 5.32 Å². The number of nitrogens with one attached hydrogen (secondary N) is 1. The van der Waals surface area contributed by atoms with Crippen molar-refractivity contribution in [3.63, 3.8) is 0 Å². The fourth-order valence-electron chi connectivity index (χ4n) is 1.46. The number of aryl methyl sites for hydroxylation is 2. The predicted molar refractivity (Wildman–Crippen MR) is 67.9 cm³/mol. The molecule has 4 nitrogen and oxygen atoms in total. The Morgan fingerprint density at radius 2 is 2.38 bits per heavy atom. The third kappa shape index (κ3) is 3.63. The molecule has 0 aliphatic heterocycles. The smallest absolute Gasteiger partial charge is 0.269 e. The predicted octanol–water partition coefficient (Wildman–Crippen LogP) is 2.02. The van der Waals surface area contributed by atoms with Gasteiger partial charge in [-0.3, -0.25) is 9.48 Å². The van der Waals surface area contributed by atoms with E-state index in [0.717, 1.165) is 18.5 Å². The maximum atomic E-state index is 11.8. The van der Waals surface area contributed by atoms with E-state index < -0.39 is 0 Å². The van der Waals surface area contributed by atoms with E-state index in [1.165, 1.54) is 0 Å². The molecule has 0 spiro atoms. The van der Waals surface area contributed by atoms with E-state index in [0.29, 0.717) is 17.1 Å². The van der Waals surface area contributed by atoms with Crippen molar-refractivity contribution < 1.29 is 4.79 Å². The lowest BCUT2D eigenvalue weighted by atomic mass is 10.2. The molecule has 0 saturated carbocycles. The lowest BCUT2D eigenvalue weighted by Crippen LogP contribution is -2.27. The molecule has 1 unspecified atom stereocenters. The molecule has 1 rings (SSSR count). The van der Waals surface area contributed by atoms with Crippen molar-refractivity contribution >= 4 is 21.8 Å². The van der Waals surface area contributed by atoms with E-state index in [2.05, 4.69) is 33.3 Å². The summed E-state index contributed by atoms with van der Waals surface area (Å²) >= 11 is 3.53. The zero-order chi connectivity index (χ0) is 12.1. The Morgan fingerprint density at radius 1 is 1.69 bits per heavy atom. The summed E-state index contributed by atoms with van der Waals surface area (Å²) in [5.74, 6) is -0.0566. The largest absolute Gasteiger partial charge is 0.351 e. The fourth-order valence-corrected chi connectivity index (χ4v) is 1.69. The molecule has 0 saturated heterocycles. The molecule has 1 heterocycles. The van der Waals surface area contributed by atoms with E-state index in [4.69, 9.17) is 0 Å². The number of carbonyl (C=O) groups is 1. The summed E-state index contributed by atoms with van der Waals surface area (Å²) in [5, 5.41) is 7.03. The first kappa shape index (κ1) is 13.2. The number of hydrogen-bond acceptors (Lipinski definition) is 2. The Bertz CT molecular complexity index is 362. The quantitative estimate of drug-likeness (QED) is 0.843. The van der Waals surface area contributed by atoms with Gasteiger partial charge in [0.2, 0.25) is 0 Å². The van der Waals surface area contributed by atoms with Gasteiger partial charge in [0.25, 0.3) is 5.91 Å². The highest BCUT2D eigenvalue weighted by atomic mass is 79.9. The van der Waals surface area contributed by atoms with E-state index in [1.807, 2.05) is 6.92 Å². The van der Waals surface area contributed by atoms with Gasteiger partial charge in [0, 0.05) is 18.4 Å².